The Morgan fingerprint density at radius 3 is 2.58 bits per heavy atom. The topological polar surface area (TPSA) is 109 Å². The Morgan fingerprint density at radius 1 is 1.21 bits per heavy atom. The molecular formula is C25H24BrNO6. The SMILES string of the molecule is COc1ccc2c(n1)O[C@@]1(C3C=CC(Br)=CC3C)[C@H](c3ccccc3)[C@@H](C(=O)O)[C@@H](O)[C@@]21O. The Bertz CT molecular complexity index is 1170. The number of hydrogen-bond donors (Lipinski definition) is 3. The summed E-state index contributed by atoms with van der Waals surface area (Å²) in [6.45, 7) is 1.98. The predicted molar refractivity (Wildman–Crippen MR) is 123 cm³/mol. The molecule has 7 nitrogen and oxygen atoms in total. The lowest BCUT2D eigenvalue weighted by Gasteiger charge is -2.46. The van der Waals surface area contributed by atoms with Crippen molar-refractivity contribution in [1.29, 1.82) is 0 Å². The number of aromatic nitrogens is 1. The highest BCUT2D eigenvalue weighted by Crippen LogP contribution is 2.67. The minimum absolute atomic E-state index is 0.134. The lowest BCUT2D eigenvalue weighted by atomic mass is 9.63. The summed E-state index contributed by atoms with van der Waals surface area (Å²) < 4.78 is 12.7. The van der Waals surface area contributed by atoms with Crippen LogP contribution in [0.25, 0.3) is 0 Å². The van der Waals surface area contributed by atoms with Crippen molar-refractivity contribution >= 4 is 21.9 Å². The number of aliphatic hydroxyl groups is 2. The van der Waals surface area contributed by atoms with E-state index in [4.69, 9.17) is 9.47 Å². The maximum atomic E-state index is 12.5. The number of methoxy groups -OCH3 is 1. The van der Waals surface area contributed by atoms with E-state index in [0.29, 0.717) is 11.4 Å². The summed E-state index contributed by atoms with van der Waals surface area (Å²) in [4.78, 5) is 16.9. The Balaban J connectivity index is 1.82. The van der Waals surface area contributed by atoms with Crippen LogP contribution in [0.2, 0.25) is 0 Å². The number of ether oxygens (including phenoxy) is 2. The molecule has 0 saturated heterocycles. The fourth-order valence-corrected chi connectivity index (χ4v) is 6.56. The molecule has 3 aliphatic rings. The Morgan fingerprint density at radius 2 is 1.94 bits per heavy atom. The van der Waals surface area contributed by atoms with Gasteiger partial charge in [-0.1, -0.05) is 71.4 Å². The lowest BCUT2D eigenvalue weighted by molar-refractivity contribution is -0.170. The molecule has 172 valence electrons. The number of benzene rings is 1. The van der Waals surface area contributed by atoms with Gasteiger partial charge in [-0.25, -0.2) is 0 Å². The Kier molecular flexibility index (Phi) is 5.15. The summed E-state index contributed by atoms with van der Waals surface area (Å²) in [6, 6.07) is 12.3. The number of aliphatic hydroxyl groups excluding tert-OH is 1. The number of rotatable bonds is 4. The van der Waals surface area contributed by atoms with Gasteiger partial charge in [0.2, 0.25) is 11.8 Å². The smallest absolute Gasteiger partial charge is 0.310 e. The zero-order valence-electron chi connectivity index (χ0n) is 18.1. The molecule has 0 spiro atoms. The molecule has 2 aliphatic carbocycles. The first-order chi connectivity index (χ1) is 15.8. The van der Waals surface area contributed by atoms with E-state index in [9.17, 15) is 20.1 Å². The van der Waals surface area contributed by atoms with Crippen molar-refractivity contribution in [3.8, 4) is 11.8 Å². The highest BCUT2D eigenvalue weighted by Gasteiger charge is 2.79. The number of halogens is 1. The molecule has 2 unspecified atom stereocenters. The molecule has 1 aromatic carbocycles. The third-order valence-corrected chi connectivity index (χ3v) is 7.82. The van der Waals surface area contributed by atoms with Crippen LogP contribution in [0.1, 0.15) is 24.0 Å². The number of aliphatic carboxylic acids is 1. The zero-order valence-corrected chi connectivity index (χ0v) is 19.6. The van der Waals surface area contributed by atoms with E-state index in [-0.39, 0.29) is 17.4 Å². The van der Waals surface area contributed by atoms with Crippen LogP contribution >= 0.6 is 15.9 Å². The molecule has 33 heavy (non-hydrogen) atoms. The minimum atomic E-state index is -2.02. The number of pyridine rings is 1. The maximum Gasteiger partial charge on any atom is 0.310 e. The molecule has 2 aromatic rings. The number of fused-ring (bicyclic) bond motifs is 3. The summed E-state index contributed by atoms with van der Waals surface area (Å²) in [6.07, 6.45) is 4.13. The fourth-order valence-electron chi connectivity index (χ4n) is 5.99. The molecule has 0 amide bonds. The lowest BCUT2D eigenvalue weighted by Crippen LogP contribution is -2.60. The van der Waals surface area contributed by atoms with E-state index in [2.05, 4.69) is 20.9 Å². The van der Waals surface area contributed by atoms with Crippen molar-refractivity contribution in [3.05, 3.63) is 76.3 Å². The van der Waals surface area contributed by atoms with Gasteiger partial charge in [0.05, 0.1) is 18.6 Å². The molecule has 0 radical (unpaired) electrons. The number of carboxylic acids is 1. The van der Waals surface area contributed by atoms with Crippen molar-refractivity contribution in [2.75, 3.05) is 7.11 Å². The van der Waals surface area contributed by atoms with Gasteiger partial charge in [-0.2, -0.15) is 4.98 Å². The molecule has 5 rings (SSSR count). The largest absolute Gasteiger partial charge is 0.481 e. The van der Waals surface area contributed by atoms with Crippen molar-refractivity contribution in [2.24, 2.45) is 17.8 Å². The highest BCUT2D eigenvalue weighted by atomic mass is 79.9. The molecule has 7 atom stereocenters. The van der Waals surface area contributed by atoms with Crippen LogP contribution in [0.5, 0.6) is 11.8 Å². The average Bonchev–Trinajstić information content (AvgIpc) is 3.16. The summed E-state index contributed by atoms with van der Waals surface area (Å²) >= 11 is 3.50. The van der Waals surface area contributed by atoms with Gasteiger partial charge < -0.3 is 24.8 Å². The number of carboxylic acid groups (broad SMARTS) is 1. The fraction of sp³-hybridized carbons (Fsp3) is 0.360. The first kappa shape index (κ1) is 22.1. The van der Waals surface area contributed by atoms with Gasteiger partial charge in [-0.3, -0.25) is 4.79 Å². The third kappa shape index (κ3) is 2.87. The third-order valence-electron chi connectivity index (χ3n) is 7.30. The molecule has 2 heterocycles. The van der Waals surface area contributed by atoms with Gasteiger partial charge in [0.1, 0.15) is 6.10 Å². The van der Waals surface area contributed by atoms with Crippen molar-refractivity contribution < 1.29 is 29.6 Å². The normalized spacial score (nSPS) is 36.5. The summed E-state index contributed by atoms with van der Waals surface area (Å²) in [5, 5.41) is 34.1. The van der Waals surface area contributed by atoms with E-state index < -0.39 is 41.0 Å². The minimum Gasteiger partial charge on any atom is -0.481 e. The van der Waals surface area contributed by atoms with Crippen LogP contribution in [0.4, 0.5) is 0 Å². The van der Waals surface area contributed by atoms with Gasteiger partial charge in [0.25, 0.3) is 0 Å². The van der Waals surface area contributed by atoms with Gasteiger partial charge in [-0.05, 0) is 17.5 Å². The van der Waals surface area contributed by atoms with E-state index >= 15 is 0 Å². The second-order valence-corrected chi connectivity index (χ2v) is 9.78. The highest BCUT2D eigenvalue weighted by molar-refractivity contribution is 9.11. The number of nitrogens with zero attached hydrogens (tertiary/aromatic N) is 1. The molecule has 0 bridgehead atoms. The van der Waals surface area contributed by atoms with Crippen molar-refractivity contribution in [1.82, 2.24) is 4.98 Å². The van der Waals surface area contributed by atoms with Crippen molar-refractivity contribution in [3.63, 3.8) is 0 Å². The van der Waals surface area contributed by atoms with Crippen LogP contribution in [0.3, 0.4) is 0 Å². The zero-order chi connectivity index (χ0) is 23.5. The second kappa shape index (κ2) is 7.68. The standard InChI is InChI=1S/C25H24BrNO6/c1-13-12-15(26)8-9-16(13)25-20(14-6-4-3-5-7-14)19(23(29)30)21(28)24(25,31)17-10-11-18(32-2)27-22(17)33-25/h3-13,16,19-21,28,31H,1-2H3,(H,29,30)/t13?,16?,19-,20-,21-,24+,25+/m1/s1. The average molecular weight is 514 g/mol. The molecule has 3 N–H and O–H groups in total. The molecule has 8 heteroatoms. The van der Waals surface area contributed by atoms with E-state index in [1.807, 2.05) is 55.5 Å². The first-order valence-corrected chi connectivity index (χ1v) is 11.5. The molecule has 1 aromatic heterocycles. The van der Waals surface area contributed by atoms with E-state index in [1.54, 1.807) is 12.1 Å². The van der Waals surface area contributed by atoms with Crippen LogP contribution in [0.15, 0.2) is 65.2 Å². The van der Waals surface area contributed by atoms with Crippen LogP contribution < -0.4 is 9.47 Å². The summed E-state index contributed by atoms with van der Waals surface area (Å²) in [5.74, 6) is -3.54. The van der Waals surface area contributed by atoms with Gasteiger partial charge >= 0.3 is 5.97 Å². The molecule has 1 fully saturated rings. The number of carbonyl (C=O) groups is 1. The monoisotopic (exact) mass is 513 g/mol. The maximum absolute atomic E-state index is 12.5. The van der Waals surface area contributed by atoms with Crippen LogP contribution in [0, 0.1) is 17.8 Å². The van der Waals surface area contributed by atoms with Gasteiger partial charge in [0, 0.05) is 22.4 Å². The quantitative estimate of drug-likeness (QED) is 0.574. The summed E-state index contributed by atoms with van der Waals surface area (Å²) in [7, 11) is 1.48. The first-order valence-electron chi connectivity index (χ1n) is 10.7. The van der Waals surface area contributed by atoms with Gasteiger partial charge in [-0.15, -0.1) is 0 Å². The van der Waals surface area contributed by atoms with Gasteiger partial charge in [0.15, 0.2) is 11.2 Å². The Labute approximate surface area is 199 Å². The molecular weight excluding hydrogens is 490 g/mol. The molecule has 1 saturated carbocycles. The molecule has 1 aliphatic heterocycles. The number of allylic oxidation sites excluding steroid dienone is 3. The van der Waals surface area contributed by atoms with Crippen molar-refractivity contribution in [2.45, 2.75) is 30.1 Å². The predicted octanol–water partition coefficient (Wildman–Crippen LogP) is 3.37. The van der Waals surface area contributed by atoms with E-state index in [0.717, 1.165) is 4.48 Å². The van der Waals surface area contributed by atoms with E-state index in [1.165, 1.54) is 7.11 Å². The Hall–Kier alpha value is -2.68. The summed E-state index contributed by atoms with van der Waals surface area (Å²) in [5.41, 5.74) is -2.63. The van der Waals surface area contributed by atoms with Crippen LogP contribution in [-0.4, -0.2) is 45.1 Å². The van der Waals surface area contributed by atoms with Crippen LogP contribution in [-0.2, 0) is 10.4 Å². The second-order valence-electron chi connectivity index (χ2n) is 8.86. The number of hydrogen-bond acceptors (Lipinski definition) is 6.